The molecule has 0 radical (unpaired) electrons. The minimum atomic E-state index is 0.995. The maximum absolute atomic E-state index is 3.80. The van der Waals surface area contributed by atoms with Crippen molar-refractivity contribution in [2.45, 2.75) is 30.9 Å². The van der Waals surface area contributed by atoms with Crippen LogP contribution < -0.4 is 0 Å². The Balaban J connectivity index is 1.56. The third-order valence-corrected chi connectivity index (χ3v) is 7.25. The van der Waals surface area contributed by atoms with Crippen molar-refractivity contribution in [1.82, 2.24) is 0 Å². The molecular formula is C14H24S3. The summed E-state index contributed by atoms with van der Waals surface area (Å²) in [6.45, 7) is 3.80. The van der Waals surface area contributed by atoms with Crippen molar-refractivity contribution < 1.29 is 0 Å². The van der Waals surface area contributed by atoms with Gasteiger partial charge in [-0.15, -0.1) is 6.58 Å². The van der Waals surface area contributed by atoms with Gasteiger partial charge < -0.3 is 0 Å². The highest BCUT2D eigenvalue weighted by Gasteiger charge is 2.25. The van der Waals surface area contributed by atoms with E-state index >= 15 is 0 Å². The molecule has 0 amide bonds. The average Bonchev–Trinajstić information content (AvgIpc) is 3.14. The van der Waals surface area contributed by atoms with Crippen LogP contribution >= 0.6 is 35.3 Å². The average molecular weight is 289 g/mol. The molecule has 2 fully saturated rings. The van der Waals surface area contributed by atoms with Crippen LogP contribution in [-0.4, -0.2) is 34.0 Å². The van der Waals surface area contributed by atoms with Crippen molar-refractivity contribution in [3.63, 3.8) is 0 Å². The normalized spacial score (nSPS) is 32.4. The molecule has 1 aliphatic heterocycles. The van der Waals surface area contributed by atoms with Gasteiger partial charge in [-0.25, -0.2) is 0 Å². The van der Waals surface area contributed by atoms with Crippen LogP contribution in [0.1, 0.15) is 25.7 Å². The quantitative estimate of drug-likeness (QED) is 0.365. The Morgan fingerprint density at radius 3 is 2.47 bits per heavy atom. The van der Waals surface area contributed by atoms with E-state index in [0.29, 0.717) is 0 Å². The highest BCUT2D eigenvalue weighted by atomic mass is 32.2. The summed E-state index contributed by atoms with van der Waals surface area (Å²) >= 11 is 6.42. The molecule has 3 unspecified atom stereocenters. The van der Waals surface area contributed by atoms with Crippen molar-refractivity contribution in [3.8, 4) is 0 Å². The van der Waals surface area contributed by atoms with Crippen LogP contribution in [-0.2, 0) is 0 Å². The Labute approximate surface area is 119 Å². The smallest absolute Gasteiger partial charge is 0.0229 e. The summed E-state index contributed by atoms with van der Waals surface area (Å²) in [6.07, 6.45) is 7.98. The summed E-state index contributed by atoms with van der Waals surface area (Å²) in [7, 11) is 0. The molecule has 1 aliphatic carbocycles. The third-order valence-electron chi connectivity index (χ3n) is 3.54. The molecule has 3 atom stereocenters. The highest BCUT2D eigenvalue weighted by molar-refractivity contribution is 8.08. The highest BCUT2D eigenvalue weighted by Crippen LogP contribution is 2.36. The predicted octanol–water partition coefficient (Wildman–Crippen LogP) is 4.56. The first kappa shape index (κ1) is 14.2. The van der Waals surface area contributed by atoms with Crippen molar-refractivity contribution in [2.24, 2.45) is 11.8 Å². The summed E-state index contributed by atoms with van der Waals surface area (Å²) in [5.74, 6) is 8.79. The van der Waals surface area contributed by atoms with Crippen LogP contribution in [0.2, 0.25) is 0 Å². The predicted molar refractivity (Wildman–Crippen MR) is 86.5 cm³/mol. The summed E-state index contributed by atoms with van der Waals surface area (Å²) in [4.78, 5) is 0. The van der Waals surface area contributed by atoms with Gasteiger partial charge in [-0.05, 0) is 42.6 Å². The van der Waals surface area contributed by atoms with Crippen molar-refractivity contribution in [1.29, 1.82) is 0 Å². The Kier molecular flexibility index (Phi) is 6.73. The van der Waals surface area contributed by atoms with Crippen LogP contribution in [0.4, 0.5) is 0 Å². The van der Waals surface area contributed by atoms with E-state index in [1.54, 1.807) is 0 Å². The number of thioether (sulfide) groups is 3. The van der Waals surface area contributed by atoms with E-state index in [2.05, 4.69) is 41.9 Å². The Hall–Kier alpha value is 0.790. The van der Waals surface area contributed by atoms with E-state index in [1.165, 1.54) is 48.7 Å². The lowest BCUT2D eigenvalue weighted by molar-refractivity contribution is 0.309. The SMILES string of the molecule is C=CCSCC1CCCC(CSCC2CS2)C1. The summed E-state index contributed by atoms with van der Waals surface area (Å²) in [5, 5.41) is 1.02. The lowest BCUT2D eigenvalue weighted by Gasteiger charge is -2.28. The molecule has 1 saturated carbocycles. The monoisotopic (exact) mass is 288 g/mol. The zero-order valence-electron chi connectivity index (χ0n) is 10.6. The van der Waals surface area contributed by atoms with Gasteiger partial charge in [-0.3, -0.25) is 0 Å². The Bertz CT molecular complexity index is 226. The first-order valence-electron chi connectivity index (χ1n) is 6.76. The summed E-state index contributed by atoms with van der Waals surface area (Å²) < 4.78 is 0. The lowest BCUT2D eigenvalue weighted by atomic mass is 9.83. The second-order valence-corrected chi connectivity index (χ2v) is 8.70. The summed E-state index contributed by atoms with van der Waals surface area (Å²) in [6, 6.07) is 0. The summed E-state index contributed by atoms with van der Waals surface area (Å²) in [5.41, 5.74) is 0. The molecule has 1 heterocycles. The Morgan fingerprint density at radius 1 is 1.12 bits per heavy atom. The van der Waals surface area contributed by atoms with Gasteiger partial charge in [0.2, 0.25) is 0 Å². The molecule has 0 aromatic rings. The van der Waals surface area contributed by atoms with Crippen molar-refractivity contribution >= 4 is 35.3 Å². The van der Waals surface area contributed by atoms with Crippen LogP contribution in [0.15, 0.2) is 12.7 Å². The fourth-order valence-electron chi connectivity index (χ4n) is 2.55. The van der Waals surface area contributed by atoms with Crippen molar-refractivity contribution in [2.75, 3.05) is 28.8 Å². The number of hydrogen-bond acceptors (Lipinski definition) is 3. The number of rotatable bonds is 8. The molecule has 1 saturated heterocycles. The molecule has 2 aliphatic rings. The molecule has 17 heavy (non-hydrogen) atoms. The molecule has 2 rings (SSSR count). The molecular weight excluding hydrogens is 264 g/mol. The van der Waals surface area contributed by atoms with Crippen LogP contribution in [0.5, 0.6) is 0 Å². The van der Waals surface area contributed by atoms with Gasteiger partial charge >= 0.3 is 0 Å². The molecule has 3 heteroatoms. The molecule has 98 valence electrons. The van der Waals surface area contributed by atoms with E-state index < -0.39 is 0 Å². The fraction of sp³-hybridized carbons (Fsp3) is 0.857. The van der Waals surface area contributed by atoms with E-state index in [1.807, 2.05) is 6.08 Å². The van der Waals surface area contributed by atoms with Gasteiger partial charge in [0, 0.05) is 22.5 Å². The maximum atomic E-state index is 3.80. The topological polar surface area (TPSA) is 0 Å². The van der Waals surface area contributed by atoms with E-state index in [0.717, 1.165) is 22.8 Å². The molecule has 0 aromatic heterocycles. The van der Waals surface area contributed by atoms with E-state index in [9.17, 15) is 0 Å². The third kappa shape index (κ3) is 5.98. The number of hydrogen-bond donors (Lipinski definition) is 0. The van der Waals surface area contributed by atoms with Crippen LogP contribution in [0.3, 0.4) is 0 Å². The lowest BCUT2D eigenvalue weighted by Crippen LogP contribution is -2.19. The van der Waals surface area contributed by atoms with Gasteiger partial charge in [0.25, 0.3) is 0 Å². The van der Waals surface area contributed by atoms with Crippen LogP contribution in [0.25, 0.3) is 0 Å². The zero-order chi connectivity index (χ0) is 11.9. The Morgan fingerprint density at radius 2 is 1.82 bits per heavy atom. The van der Waals surface area contributed by atoms with Gasteiger partial charge in [-0.1, -0.05) is 12.5 Å². The van der Waals surface area contributed by atoms with E-state index in [4.69, 9.17) is 0 Å². The standard InChI is InChI=1S/C14H24S3/c1-2-6-15-8-12-4-3-5-13(7-12)9-16-10-14-11-17-14/h2,12-14H,1,3-11H2. The van der Waals surface area contributed by atoms with E-state index in [-0.39, 0.29) is 0 Å². The minimum absolute atomic E-state index is 0.995. The zero-order valence-corrected chi connectivity index (χ0v) is 13.1. The van der Waals surface area contributed by atoms with Crippen LogP contribution in [0, 0.1) is 11.8 Å². The molecule has 0 spiro atoms. The van der Waals surface area contributed by atoms with Gasteiger partial charge in [0.15, 0.2) is 0 Å². The van der Waals surface area contributed by atoms with Gasteiger partial charge in [-0.2, -0.15) is 35.3 Å². The minimum Gasteiger partial charge on any atom is -0.161 e. The second-order valence-electron chi connectivity index (χ2n) is 5.22. The maximum Gasteiger partial charge on any atom is 0.0229 e. The molecule has 0 aromatic carbocycles. The molecule has 0 bridgehead atoms. The van der Waals surface area contributed by atoms with Gasteiger partial charge in [0.05, 0.1) is 0 Å². The second kappa shape index (κ2) is 8.06. The van der Waals surface area contributed by atoms with Gasteiger partial charge in [0.1, 0.15) is 0 Å². The van der Waals surface area contributed by atoms with Crippen molar-refractivity contribution in [3.05, 3.63) is 12.7 Å². The molecule has 0 nitrogen and oxygen atoms in total. The first-order chi connectivity index (χ1) is 8.38. The fourth-order valence-corrected chi connectivity index (χ4v) is 5.72. The first-order valence-corrected chi connectivity index (χ1v) is 10.1. The molecule has 0 N–H and O–H groups in total. The largest absolute Gasteiger partial charge is 0.161 e.